The molecule has 0 aromatic heterocycles. The minimum atomic E-state index is -1.32. The van der Waals surface area contributed by atoms with Crippen molar-refractivity contribution in [3.8, 4) is 0 Å². The zero-order valence-corrected chi connectivity index (χ0v) is 10.7. The van der Waals surface area contributed by atoms with Crippen LogP contribution in [0.1, 0.15) is 12.8 Å². The van der Waals surface area contributed by atoms with Gasteiger partial charge in [-0.05, 0) is 12.8 Å². The third-order valence-electron chi connectivity index (χ3n) is 2.70. The normalized spacial score (nSPS) is 47.5. The summed E-state index contributed by atoms with van der Waals surface area (Å²) in [5.41, 5.74) is 0. The quantitative estimate of drug-likeness (QED) is 0.573. The molecule has 2 atom stereocenters. The van der Waals surface area contributed by atoms with Crippen molar-refractivity contribution >= 4 is 69.6 Å². The molecule has 1 saturated carbocycles. The van der Waals surface area contributed by atoms with Crippen molar-refractivity contribution in [1.29, 1.82) is 0 Å². The third kappa shape index (κ3) is 0.984. The van der Waals surface area contributed by atoms with Crippen LogP contribution in [0.25, 0.3) is 0 Å². The van der Waals surface area contributed by atoms with Gasteiger partial charge in [0, 0.05) is 0 Å². The van der Waals surface area contributed by atoms with Gasteiger partial charge in [-0.2, -0.15) is 0 Å². The Morgan fingerprint density at radius 3 is 1.23 bits per heavy atom. The van der Waals surface area contributed by atoms with E-state index < -0.39 is 14.1 Å². The van der Waals surface area contributed by atoms with Crippen LogP contribution >= 0.6 is 69.6 Å². The fraction of sp³-hybridized carbons (Fsp3) is 0.714. The minimum absolute atomic E-state index is 0.280. The summed E-state index contributed by atoms with van der Waals surface area (Å²) in [7, 11) is 0. The van der Waals surface area contributed by atoms with Crippen LogP contribution in [0.3, 0.4) is 0 Å². The van der Waals surface area contributed by atoms with Gasteiger partial charge in [-0.3, -0.25) is 0 Å². The molecule has 13 heavy (non-hydrogen) atoms. The largest absolute Gasteiger partial charge is 0.166 e. The van der Waals surface area contributed by atoms with E-state index in [1.165, 1.54) is 0 Å². The summed E-state index contributed by atoms with van der Waals surface area (Å²) in [6.45, 7) is 0. The lowest BCUT2D eigenvalue weighted by atomic mass is 10.1. The molecule has 0 spiro atoms. The Labute approximate surface area is 106 Å². The molecular formula is C7H4Cl6. The summed E-state index contributed by atoms with van der Waals surface area (Å²) in [5, 5.41) is 0.559. The van der Waals surface area contributed by atoms with Crippen LogP contribution in [0.2, 0.25) is 0 Å². The van der Waals surface area contributed by atoms with Crippen LogP contribution in [0.5, 0.6) is 0 Å². The number of rotatable bonds is 0. The van der Waals surface area contributed by atoms with Crippen LogP contribution in [-0.2, 0) is 0 Å². The van der Waals surface area contributed by atoms with Gasteiger partial charge in [0.25, 0.3) is 0 Å². The second kappa shape index (κ2) is 2.78. The number of hydrogen-bond donors (Lipinski definition) is 0. The second-order valence-electron chi connectivity index (χ2n) is 3.30. The smallest absolute Gasteiger partial charge is 0.110 e. The van der Waals surface area contributed by atoms with Crippen LogP contribution in [-0.4, -0.2) is 14.1 Å². The number of fused-ring (bicyclic) bond motifs is 2. The van der Waals surface area contributed by atoms with Gasteiger partial charge in [-0.1, -0.05) is 46.4 Å². The zero-order chi connectivity index (χ0) is 10.1. The van der Waals surface area contributed by atoms with Crippen molar-refractivity contribution < 1.29 is 0 Å². The Morgan fingerprint density at radius 2 is 1.08 bits per heavy atom. The summed E-state index contributed by atoms with van der Waals surface area (Å²) in [5.74, 6) is 0. The maximum Gasteiger partial charge on any atom is 0.166 e. The molecule has 0 amide bonds. The van der Waals surface area contributed by atoms with E-state index in [-0.39, 0.29) is 10.1 Å². The minimum Gasteiger partial charge on any atom is -0.110 e. The first-order valence-corrected chi connectivity index (χ1v) is 5.86. The van der Waals surface area contributed by atoms with Crippen molar-refractivity contribution in [3.63, 3.8) is 0 Å². The predicted octanol–water partition coefficient (Wildman–Crippen LogP) is 4.61. The molecule has 2 rings (SSSR count). The molecular weight excluding hydrogens is 297 g/mol. The van der Waals surface area contributed by atoms with E-state index in [1.54, 1.807) is 0 Å². The molecule has 2 bridgehead atoms. The molecule has 1 fully saturated rings. The van der Waals surface area contributed by atoms with Crippen molar-refractivity contribution in [2.75, 3.05) is 0 Å². The van der Waals surface area contributed by atoms with E-state index in [4.69, 9.17) is 69.6 Å². The summed E-state index contributed by atoms with van der Waals surface area (Å²) < 4.78 is -1.32. The molecule has 0 nitrogen and oxygen atoms in total. The van der Waals surface area contributed by atoms with E-state index in [9.17, 15) is 0 Å². The van der Waals surface area contributed by atoms with Crippen LogP contribution in [0.15, 0.2) is 10.1 Å². The van der Waals surface area contributed by atoms with Crippen molar-refractivity contribution in [1.82, 2.24) is 0 Å². The summed E-state index contributed by atoms with van der Waals surface area (Å²) in [4.78, 5) is -2.03. The first-order valence-electron chi connectivity index (χ1n) is 3.59. The average molecular weight is 301 g/mol. The van der Waals surface area contributed by atoms with Gasteiger partial charge in [-0.25, -0.2) is 0 Å². The molecule has 2 aliphatic rings. The SMILES string of the molecule is ClC1=C(Cl)[C@]2(Cl)CC[C@]1(Cl)C2(Cl)Cl. The molecule has 2 aliphatic carbocycles. The topological polar surface area (TPSA) is 0 Å². The number of allylic oxidation sites excluding steroid dienone is 2. The first-order chi connectivity index (χ1) is 5.77. The lowest BCUT2D eigenvalue weighted by Gasteiger charge is -2.30. The van der Waals surface area contributed by atoms with E-state index in [0.717, 1.165) is 0 Å². The zero-order valence-electron chi connectivity index (χ0n) is 6.18. The second-order valence-corrected chi connectivity index (χ2v) is 6.68. The van der Waals surface area contributed by atoms with E-state index >= 15 is 0 Å². The Balaban J connectivity index is 2.67. The lowest BCUT2D eigenvalue weighted by molar-refractivity contribution is 0.683. The van der Waals surface area contributed by atoms with Gasteiger partial charge in [-0.15, -0.1) is 23.2 Å². The Hall–Kier alpha value is 1.48. The van der Waals surface area contributed by atoms with Gasteiger partial charge in [0.05, 0.1) is 10.1 Å². The summed E-state index contributed by atoms with van der Waals surface area (Å²) in [6.07, 6.45) is 1.08. The number of halogens is 6. The van der Waals surface area contributed by atoms with Crippen LogP contribution < -0.4 is 0 Å². The van der Waals surface area contributed by atoms with Gasteiger partial charge in [0.2, 0.25) is 0 Å². The molecule has 0 radical (unpaired) electrons. The Bertz CT molecular complexity index is 280. The lowest BCUT2D eigenvalue weighted by Crippen LogP contribution is -2.42. The average Bonchev–Trinajstić information content (AvgIpc) is 2.28. The van der Waals surface area contributed by atoms with Crippen molar-refractivity contribution in [2.45, 2.75) is 26.9 Å². The highest BCUT2D eigenvalue weighted by Gasteiger charge is 2.74. The molecule has 6 heteroatoms. The van der Waals surface area contributed by atoms with Crippen molar-refractivity contribution in [2.24, 2.45) is 0 Å². The van der Waals surface area contributed by atoms with Gasteiger partial charge in [0.15, 0.2) is 4.33 Å². The summed E-state index contributed by atoms with van der Waals surface area (Å²) >= 11 is 36.5. The van der Waals surface area contributed by atoms with E-state index in [1.807, 2.05) is 0 Å². The fourth-order valence-electron chi connectivity index (χ4n) is 1.82. The van der Waals surface area contributed by atoms with Crippen molar-refractivity contribution in [3.05, 3.63) is 10.1 Å². The molecule has 0 saturated heterocycles. The maximum absolute atomic E-state index is 6.20. The van der Waals surface area contributed by atoms with Gasteiger partial charge < -0.3 is 0 Å². The third-order valence-corrected chi connectivity index (χ3v) is 7.01. The molecule has 0 heterocycles. The van der Waals surface area contributed by atoms with Crippen LogP contribution in [0.4, 0.5) is 0 Å². The molecule has 0 aromatic rings. The maximum atomic E-state index is 6.20. The Kier molecular flexibility index (Phi) is 2.35. The molecule has 0 N–H and O–H groups in total. The van der Waals surface area contributed by atoms with E-state index in [2.05, 4.69) is 0 Å². The van der Waals surface area contributed by atoms with Gasteiger partial charge >= 0.3 is 0 Å². The standard InChI is InChI=1S/C7H4Cl6/c8-3-4(9)6(11)2-1-5(3,10)7(6,12)13/h1-2H2/t5-,6-/m1/s1. The number of hydrogen-bond acceptors (Lipinski definition) is 0. The highest BCUT2D eigenvalue weighted by atomic mass is 35.5. The van der Waals surface area contributed by atoms with E-state index in [0.29, 0.717) is 12.8 Å². The molecule has 74 valence electrons. The molecule has 0 unspecified atom stereocenters. The molecule has 0 aliphatic heterocycles. The van der Waals surface area contributed by atoms with Gasteiger partial charge in [0.1, 0.15) is 9.75 Å². The summed E-state index contributed by atoms with van der Waals surface area (Å²) in [6, 6.07) is 0. The fourth-order valence-corrected chi connectivity index (χ4v) is 4.41. The first kappa shape index (κ1) is 11.0. The Morgan fingerprint density at radius 1 is 0.769 bits per heavy atom. The number of alkyl halides is 4. The van der Waals surface area contributed by atoms with Crippen LogP contribution in [0, 0.1) is 0 Å². The highest BCUT2D eigenvalue weighted by Crippen LogP contribution is 2.72. The monoisotopic (exact) mass is 298 g/mol. The highest BCUT2D eigenvalue weighted by molar-refractivity contribution is 6.65. The molecule has 0 aromatic carbocycles. The predicted molar refractivity (Wildman–Crippen MR) is 59.6 cm³/mol.